The van der Waals surface area contributed by atoms with Gasteiger partial charge in [-0.3, -0.25) is 9.78 Å². The van der Waals surface area contributed by atoms with Crippen molar-refractivity contribution in [2.45, 2.75) is 13.5 Å². The molecule has 0 unspecified atom stereocenters. The van der Waals surface area contributed by atoms with Gasteiger partial charge in [0.05, 0.1) is 23.6 Å². The molecule has 1 aromatic heterocycles. The Balaban J connectivity index is 2.24. The van der Waals surface area contributed by atoms with Gasteiger partial charge < -0.3 is 20.6 Å². The number of carbonyl (C=O) groups is 2. The number of nitrogens with zero attached hydrogens (tertiary/aromatic N) is 1. The molecule has 1 heterocycles. The second-order valence-electron chi connectivity index (χ2n) is 4.96. The van der Waals surface area contributed by atoms with Gasteiger partial charge in [0.25, 0.3) is 0 Å². The number of aryl methyl sites for hydroxylation is 1. The van der Waals surface area contributed by atoms with E-state index in [4.69, 9.17) is 5.11 Å². The number of aliphatic hydroxyl groups excluding tert-OH is 1. The average molecular weight is 328 g/mol. The van der Waals surface area contributed by atoms with Gasteiger partial charge in [-0.25, -0.2) is 4.79 Å². The highest BCUT2D eigenvalue weighted by Gasteiger charge is 2.12. The number of aromatic carboxylic acids is 1. The molecule has 124 valence electrons. The van der Waals surface area contributed by atoms with Crippen LogP contribution in [0.25, 0.3) is 6.08 Å². The average Bonchev–Trinajstić information content (AvgIpc) is 2.56. The largest absolute Gasteiger partial charge is 0.505 e. The highest BCUT2D eigenvalue weighted by atomic mass is 16.4. The molecule has 0 atom stereocenters. The zero-order valence-corrected chi connectivity index (χ0v) is 12.9. The van der Waals surface area contributed by atoms with Gasteiger partial charge in [-0.2, -0.15) is 0 Å². The third-order valence-corrected chi connectivity index (χ3v) is 3.34. The van der Waals surface area contributed by atoms with Crippen molar-refractivity contribution in [1.29, 1.82) is 0 Å². The molecule has 0 spiro atoms. The Kier molecular flexibility index (Phi) is 5.28. The Labute approximate surface area is 137 Å². The van der Waals surface area contributed by atoms with E-state index in [2.05, 4.69) is 10.3 Å². The lowest BCUT2D eigenvalue weighted by Crippen LogP contribution is -2.11. The molecule has 0 bridgehead atoms. The molecule has 1 aromatic carbocycles. The fraction of sp³-hybridized carbons (Fsp3) is 0.118. The summed E-state index contributed by atoms with van der Waals surface area (Å²) >= 11 is 0. The molecule has 0 aliphatic rings. The van der Waals surface area contributed by atoms with Crippen molar-refractivity contribution in [2.24, 2.45) is 0 Å². The molecule has 7 heteroatoms. The van der Waals surface area contributed by atoms with Gasteiger partial charge >= 0.3 is 5.97 Å². The number of rotatable bonds is 5. The number of aromatic hydroxyl groups is 1. The summed E-state index contributed by atoms with van der Waals surface area (Å²) in [7, 11) is 0. The number of hydrogen-bond acceptors (Lipinski definition) is 5. The SMILES string of the molecule is Cc1ncc(CO)c(C=CC(=O)Nc2ccccc2C(=O)O)c1O. The number of aliphatic hydroxyl groups is 1. The number of benzene rings is 1. The highest BCUT2D eigenvalue weighted by molar-refractivity contribution is 6.06. The zero-order valence-electron chi connectivity index (χ0n) is 12.9. The molecular formula is C17H16N2O5. The summed E-state index contributed by atoms with van der Waals surface area (Å²) in [5.41, 5.74) is 1.15. The number of carboxylic acids is 1. The topological polar surface area (TPSA) is 120 Å². The van der Waals surface area contributed by atoms with Crippen LogP contribution in [0.5, 0.6) is 5.75 Å². The summed E-state index contributed by atoms with van der Waals surface area (Å²) in [5.74, 6) is -1.85. The lowest BCUT2D eigenvalue weighted by Gasteiger charge is -2.08. The smallest absolute Gasteiger partial charge is 0.337 e. The van der Waals surface area contributed by atoms with E-state index >= 15 is 0 Å². The van der Waals surface area contributed by atoms with Crippen molar-refractivity contribution in [3.05, 3.63) is 58.9 Å². The first-order valence-corrected chi connectivity index (χ1v) is 7.03. The van der Waals surface area contributed by atoms with Crippen LogP contribution in [0.2, 0.25) is 0 Å². The lowest BCUT2D eigenvalue weighted by atomic mass is 10.1. The fourth-order valence-corrected chi connectivity index (χ4v) is 2.08. The highest BCUT2D eigenvalue weighted by Crippen LogP contribution is 2.25. The maximum absolute atomic E-state index is 12.0. The minimum Gasteiger partial charge on any atom is -0.505 e. The minimum absolute atomic E-state index is 0.0297. The molecule has 7 nitrogen and oxygen atoms in total. The van der Waals surface area contributed by atoms with Crippen molar-refractivity contribution >= 4 is 23.6 Å². The molecule has 24 heavy (non-hydrogen) atoms. The molecule has 4 N–H and O–H groups in total. The van der Waals surface area contributed by atoms with E-state index in [-0.39, 0.29) is 29.2 Å². The lowest BCUT2D eigenvalue weighted by molar-refractivity contribution is -0.111. The van der Waals surface area contributed by atoms with Crippen LogP contribution in [0, 0.1) is 6.92 Å². The van der Waals surface area contributed by atoms with Crippen LogP contribution in [0.1, 0.15) is 27.2 Å². The van der Waals surface area contributed by atoms with Crippen molar-refractivity contribution in [3.63, 3.8) is 0 Å². The van der Waals surface area contributed by atoms with E-state index in [1.54, 1.807) is 19.1 Å². The maximum atomic E-state index is 12.0. The number of hydrogen-bond donors (Lipinski definition) is 4. The zero-order chi connectivity index (χ0) is 17.7. The van der Waals surface area contributed by atoms with Crippen LogP contribution in [0.4, 0.5) is 5.69 Å². The molecule has 0 radical (unpaired) electrons. The number of nitrogens with one attached hydrogen (secondary N) is 1. The van der Waals surface area contributed by atoms with Crippen molar-refractivity contribution in [1.82, 2.24) is 4.98 Å². The molecular weight excluding hydrogens is 312 g/mol. The third-order valence-electron chi connectivity index (χ3n) is 3.34. The number of pyridine rings is 1. The second-order valence-corrected chi connectivity index (χ2v) is 4.96. The summed E-state index contributed by atoms with van der Waals surface area (Å²) in [6, 6.07) is 6.01. The Morgan fingerprint density at radius 2 is 2.00 bits per heavy atom. The molecule has 0 aliphatic heterocycles. The molecule has 0 aliphatic carbocycles. The Bertz CT molecular complexity index is 815. The molecule has 2 rings (SSSR count). The first kappa shape index (κ1) is 17.2. The first-order valence-electron chi connectivity index (χ1n) is 7.03. The Morgan fingerprint density at radius 1 is 1.29 bits per heavy atom. The second kappa shape index (κ2) is 7.38. The number of amides is 1. The molecule has 0 saturated heterocycles. The van der Waals surface area contributed by atoms with Crippen molar-refractivity contribution < 1.29 is 24.9 Å². The predicted molar refractivity (Wildman–Crippen MR) is 87.6 cm³/mol. The van der Waals surface area contributed by atoms with Gasteiger partial charge in [0.1, 0.15) is 5.75 Å². The van der Waals surface area contributed by atoms with Gasteiger partial charge in [-0.05, 0) is 25.1 Å². The van der Waals surface area contributed by atoms with E-state index in [1.165, 1.54) is 24.4 Å². The first-order chi connectivity index (χ1) is 11.4. The van der Waals surface area contributed by atoms with Crippen LogP contribution in [0.15, 0.2) is 36.5 Å². The van der Waals surface area contributed by atoms with E-state index in [0.717, 1.165) is 6.08 Å². The van der Waals surface area contributed by atoms with Gasteiger partial charge in [-0.15, -0.1) is 0 Å². The Hall–Kier alpha value is -3.19. The van der Waals surface area contributed by atoms with Crippen LogP contribution >= 0.6 is 0 Å². The third kappa shape index (κ3) is 3.76. The normalized spacial score (nSPS) is 10.8. The maximum Gasteiger partial charge on any atom is 0.337 e. The minimum atomic E-state index is -1.15. The Morgan fingerprint density at radius 3 is 2.67 bits per heavy atom. The van der Waals surface area contributed by atoms with Gasteiger partial charge in [-0.1, -0.05) is 12.1 Å². The summed E-state index contributed by atoms with van der Waals surface area (Å²) in [6.45, 7) is 1.25. The molecule has 0 fully saturated rings. The van der Waals surface area contributed by atoms with E-state index in [9.17, 15) is 19.8 Å². The molecule has 0 saturated carbocycles. The van der Waals surface area contributed by atoms with Gasteiger partial charge in [0.15, 0.2) is 0 Å². The predicted octanol–water partition coefficient (Wildman–Crippen LogP) is 1.94. The molecule has 2 aromatic rings. The molecule has 1 amide bonds. The number of carbonyl (C=O) groups excluding carboxylic acids is 1. The number of carboxylic acid groups (broad SMARTS) is 1. The standard InChI is InChI=1S/C17H16N2O5/c1-10-16(22)12(11(9-20)8-18-10)6-7-15(21)19-14-5-3-2-4-13(14)17(23)24/h2-8,20,22H,9H2,1H3,(H,19,21)(H,23,24). The monoisotopic (exact) mass is 328 g/mol. The number of para-hydroxylation sites is 1. The van der Waals surface area contributed by atoms with Crippen LogP contribution < -0.4 is 5.32 Å². The van der Waals surface area contributed by atoms with Crippen LogP contribution in [-0.4, -0.2) is 32.2 Å². The van der Waals surface area contributed by atoms with Crippen LogP contribution in [-0.2, 0) is 11.4 Å². The number of anilines is 1. The summed E-state index contributed by atoms with van der Waals surface area (Å²) in [6.07, 6.45) is 3.90. The fourth-order valence-electron chi connectivity index (χ4n) is 2.08. The quantitative estimate of drug-likeness (QED) is 0.623. The van der Waals surface area contributed by atoms with Crippen molar-refractivity contribution in [2.75, 3.05) is 5.32 Å². The number of aromatic nitrogens is 1. The summed E-state index contributed by atoms with van der Waals surface area (Å²) in [5, 5.41) is 30.8. The van der Waals surface area contributed by atoms with Crippen LogP contribution in [0.3, 0.4) is 0 Å². The van der Waals surface area contributed by atoms with E-state index < -0.39 is 11.9 Å². The summed E-state index contributed by atoms with van der Waals surface area (Å²) < 4.78 is 0. The van der Waals surface area contributed by atoms with Gasteiger partial charge in [0.2, 0.25) is 5.91 Å². The van der Waals surface area contributed by atoms with E-state index in [0.29, 0.717) is 11.3 Å². The summed E-state index contributed by atoms with van der Waals surface area (Å²) in [4.78, 5) is 27.0. The van der Waals surface area contributed by atoms with E-state index in [1.807, 2.05) is 0 Å². The van der Waals surface area contributed by atoms with Gasteiger partial charge in [0, 0.05) is 23.4 Å². The van der Waals surface area contributed by atoms with Crippen molar-refractivity contribution in [3.8, 4) is 5.75 Å².